The Kier molecular flexibility index (Phi) is 4.27. The summed E-state index contributed by atoms with van der Waals surface area (Å²) in [7, 11) is 0. The number of thioether (sulfide) groups is 1. The van der Waals surface area contributed by atoms with Crippen molar-refractivity contribution in [1.82, 2.24) is 5.32 Å². The first kappa shape index (κ1) is 13.4. The fraction of sp³-hybridized carbons (Fsp3) is 0.462. The van der Waals surface area contributed by atoms with Gasteiger partial charge in [0.1, 0.15) is 5.60 Å². The van der Waals surface area contributed by atoms with Crippen LogP contribution < -0.4 is 5.32 Å². The van der Waals surface area contributed by atoms with Gasteiger partial charge in [-0.3, -0.25) is 4.79 Å². The molecule has 4 nitrogen and oxygen atoms in total. The summed E-state index contributed by atoms with van der Waals surface area (Å²) >= 11 is 1.53. The van der Waals surface area contributed by atoms with Gasteiger partial charge >= 0.3 is 0 Å². The standard InChI is InChI=1S/C13H17NO3S/c1-18-11-5-3-2-4-10(11)12(15)14-8-13(16)6-7-17-9-13/h2-5,16H,6-9H2,1H3,(H,14,15). The maximum Gasteiger partial charge on any atom is 0.252 e. The zero-order chi connectivity index (χ0) is 13.0. The predicted molar refractivity (Wildman–Crippen MR) is 70.9 cm³/mol. The van der Waals surface area contributed by atoms with Gasteiger partial charge in [0, 0.05) is 24.5 Å². The summed E-state index contributed by atoms with van der Waals surface area (Å²) in [5.41, 5.74) is -0.267. The molecule has 0 bridgehead atoms. The van der Waals surface area contributed by atoms with Crippen LogP contribution in [0.5, 0.6) is 0 Å². The summed E-state index contributed by atoms with van der Waals surface area (Å²) in [5.74, 6) is -0.153. The molecule has 0 spiro atoms. The molecule has 1 fully saturated rings. The van der Waals surface area contributed by atoms with Crippen LogP contribution in [0, 0.1) is 0 Å². The Labute approximate surface area is 111 Å². The second-order valence-electron chi connectivity index (χ2n) is 4.41. The number of carbonyl (C=O) groups excluding carboxylic acids is 1. The van der Waals surface area contributed by atoms with Gasteiger partial charge in [-0.15, -0.1) is 11.8 Å². The van der Waals surface area contributed by atoms with Crippen molar-refractivity contribution in [3.05, 3.63) is 29.8 Å². The van der Waals surface area contributed by atoms with Crippen LogP contribution in [0.4, 0.5) is 0 Å². The summed E-state index contributed by atoms with van der Waals surface area (Å²) in [5, 5.41) is 12.8. The quantitative estimate of drug-likeness (QED) is 0.807. The number of ether oxygens (including phenoxy) is 1. The predicted octanol–water partition coefficient (Wildman–Crippen LogP) is 1.29. The van der Waals surface area contributed by atoms with E-state index in [4.69, 9.17) is 4.74 Å². The fourth-order valence-corrected chi connectivity index (χ4v) is 2.50. The number of benzene rings is 1. The van der Waals surface area contributed by atoms with Crippen molar-refractivity contribution in [2.45, 2.75) is 16.9 Å². The SMILES string of the molecule is CSc1ccccc1C(=O)NCC1(O)CCOC1. The number of hydrogen-bond donors (Lipinski definition) is 2. The monoisotopic (exact) mass is 267 g/mol. The third kappa shape index (κ3) is 3.04. The summed E-state index contributed by atoms with van der Waals surface area (Å²) in [4.78, 5) is 13.0. The maximum absolute atomic E-state index is 12.0. The molecule has 1 amide bonds. The van der Waals surface area contributed by atoms with Gasteiger partial charge in [-0.05, 0) is 18.4 Å². The van der Waals surface area contributed by atoms with Crippen molar-refractivity contribution in [2.75, 3.05) is 26.0 Å². The van der Waals surface area contributed by atoms with E-state index in [1.807, 2.05) is 24.5 Å². The molecule has 1 unspecified atom stereocenters. The van der Waals surface area contributed by atoms with Crippen molar-refractivity contribution in [3.8, 4) is 0 Å². The van der Waals surface area contributed by atoms with Gasteiger partial charge in [0.15, 0.2) is 0 Å². The molecule has 2 rings (SSSR count). The van der Waals surface area contributed by atoms with Crippen LogP contribution in [-0.2, 0) is 4.74 Å². The number of hydrogen-bond acceptors (Lipinski definition) is 4. The molecule has 0 radical (unpaired) electrons. The molecular weight excluding hydrogens is 250 g/mol. The number of aliphatic hydroxyl groups is 1. The highest BCUT2D eigenvalue weighted by Gasteiger charge is 2.32. The Morgan fingerprint density at radius 2 is 2.33 bits per heavy atom. The molecule has 1 aliphatic rings. The first-order valence-corrected chi connectivity index (χ1v) is 7.08. The van der Waals surface area contributed by atoms with Crippen LogP contribution in [0.3, 0.4) is 0 Å². The Balaban J connectivity index is 1.99. The minimum absolute atomic E-state index is 0.153. The van der Waals surface area contributed by atoms with Crippen molar-refractivity contribution in [1.29, 1.82) is 0 Å². The fourth-order valence-electron chi connectivity index (χ4n) is 1.91. The van der Waals surface area contributed by atoms with Gasteiger partial charge in [0.05, 0.1) is 12.2 Å². The van der Waals surface area contributed by atoms with Crippen LogP contribution in [0.2, 0.25) is 0 Å². The van der Waals surface area contributed by atoms with Gasteiger partial charge in [0.25, 0.3) is 5.91 Å². The van der Waals surface area contributed by atoms with Gasteiger partial charge in [-0.1, -0.05) is 12.1 Å². The van der Waals surface area contributed by atoms with Gasteiger partial charge in [0.2, 0.25) is 0 Å². The third-order valence-electron chi connectivity index (χ3n) is 3.01. The molecule has 1 aliphatic heterocycles. The summed E-state index contributed by atoms with van der Waals surface area (Å²) in [6.07, 6.45) is 2.50. The van der Waals surface area contributed by atoms with Gasteiger partial charge < -0.3 is 15.2 Å². The largest absolute Gasteiger partial charge is 0.386 e. The summed E-state index contributed by atoms with van der Waals surface area (Å²) in [6.45, 7) is 1.07. The zero-order valence-electron chi connectivity index (χ0n) is 10.3. The molecule has 2 N–H and O–H groups in total. The lowest BCUT2D eigenvalue weighted by Crippen LogP contribution is -2.43. The highest BCUT2D eigenvalue weighted by atomic mass is 32.2. The van der Waals surface area contributed by atoms with E-state index < -0.39 is 5.60 Å². The molecule has 0 saturated carbocycles. The minimum Gasteiger partial charge on any atom is -0.386 e. The van der Waals surface area contributed by atoms with E-state index in [1.54, 1.807) is 6.07 Å². The lowest BCUT2D eigenvalue weighted by Gasteiger charge is -2.20. The van der Waals surface area contributed by atoms with Gasteiger partial charge in [-0.25, -0.2) is 0 Å². The average Bonchev–Trinajstić information content (AvgIpc) is 2.83. The normalized spacial score (nSPS) is 23.0. The number of amides is 1. The molecular formula is C13H17NO3S. The molecule has 5 heteroatoms. The Hall–Kier alpha value is -1.04. The lowest BCUT2D eigenvalue weighted by molar-refractivity contribution is 0.0264. The number of rotatable bonds is 4. The molecule has 1 atom stereocenters. The van der Waals surface area contributed by atoms with E-state index in [-0.39, 0.29) is 19.1 Å². The van der Waals surface area contributed by atoms with Crippen molar-refractivity contribution >= 4 is 17.7 Å². The first-order valence-electron chi connectivity index (χ1n) is 5.86. The first-order chi connectivity index (χ1) is 8.64. The van der Waals surface area contributed by atoms with Crippen molar-refractivity contribution in [2.24, 2.45) is 0 Å². The molecule has 98 valence electrons. The molecule has 1 saturated heterocycles. The van der Waals surface area contributed by atoms with Crippen LogP contribution in [0.1, 0.15) is 16.8 Å². The molecule has 1 aromatic carbocycles. The minimum atomic E-state index is -0.913. The molecule has 0 aliphatic carbocycles. The highest BCUT2D eigenvalue weighted by Crippen LogP contribution is 2.21. The number of carbonyl (C=O) groups is 1. The van der Waals surface area contributed by atoms with Crippen LogP contribution >= 0.6 is 11.8 Å². The van der Waals surface area contributed by atoms with Crippen molar-refractivity contribution in [3.63, 3.8) is 0 Å². The lowest BCUT2D eigenvalue weighted by atomic mass is 10.0. The van der Waals surface area contributed by atoms with E-state index >= 15 is 0 Å². The van der Waals surface area contributed by atoms with Gasteiger partial charge in [-0.2, -0.15) is 0 Å². The molecule has 18 heavy (non-hydrogen) atoms. The van der Waals surface area contributed by atoms with Crippen LogP contribution in [0.15, 0.2) is 29.2 Å². The van der Waals surface area contributed by atoms with Crippen molar-refractivity contribution < 1.29 is 14.6 Å². The maximum atomic E-state index is 12.0. The second kappa shape index (κ2) is 5.73. The Bertz CT molecular complexity index is 430. The summed E-state index contributed by atoms with van der Waals surface area (Å²) < 4.78 is 5.14. The summed E-state index contributed by atoms with van der Waals surface area (Å²) in [6, 6.07) is 7.44. The Morgan fingerprint density at radius 3 is 3.00 bits per heavy atom. The van der Waals surface area contributed by atoms with Crippen LogP contribution in [-0.4, -0.2) is 42.6 Å². The van der Waals surface area contributed by atoms with E-state index in [1.165, 1.54) is 11.8 Å². The molecule has 1 heterocycles. The molecule has 1 aromatic rings. The average molecular weight is 267 g/mol. The van der Waals surface area contributed by atoms with E-state index in [0.717, 1.165) is 4.90 Å². The van der Waals surface area contributed by atoms with Crippen LogP contribution in [0.25, 0.3) is 0 Å². The van der Waals surface area contributed by atoms with E-state index in [2.05, 4.69) is 5.32 Å². The zero-order valence-corrected chi connectivity index (χ0v) is 11.1. The topological polar surface area (TPSA) is 58.6 Å². The smallest absolute Gasteiger partial charge is 0.252 e. The highest BCUT2D eigenvalue weighted by molar-refractivity contribution is 7.98. The third-order valence-corrected chi connectivity index (χ3v) is 3.81. The van der Waals surface area contributed by atoms with E-state index in [0.29, 0.717) is 18.6 Å². The second-order valence-corrected chi connectivity index (χ2v) is 5.26. The number of nitrogens with one attached hydrogen (secondary N) is 1. The molecule has 0 aromatic heterocycles. The Morgan fingerprint density at radius 1 is 1.56 bits per heavy atom. The van der Waals surface area contributed by atoms with E-state index in [9.17, 15) is 9.90 Å².